The third-order valence-electron chi connectivity index (χ3n) is 3.99. The lowest BCUT2D eigenvalue weighted by Crippen LogP contribution is -2.32. The van der Waals surface area contributed by atoms with Gasteiger partial charge in [-0.25, -0.2) is 0 Å². The highest BCUT2D eigenvalue weighted by atomic mass is 19.4. The molecule has 1 aliphatic rings. The van der Waals surface area contributed by atoms with E-state index in [1.54, 1.807) is 0 Å². The summed E-state index contributed by atoms with van der Waals surface area (Å²) in [5.74, 6) is -0.00729. The van der Waals surface area contributed by atoms with Gasteiger partial charge in [0.05, 0.1) is 11.7 Å². The van der Waals surface area contributed by atoms with Crippen molar-refractivity contribution in [2.24, 2.45) is 5.92 Å². The average Bonchev–Trinajstić information content (AvgIpc) is 2.50. The van der Waals surface area contributed by atoms with Gasteiger partial charge in [-0.15, -0.1) is 0 Å². The molecule has 2 atom stereocenters. The molecule has 0 radical (unpaired) electrons. The predicted octanol–water partition coefficient (Wildman–Crippen LogP) is 3.39. The van der Waals surface area contributed by atoms with Crippen molar-refractivity contribution in [2.75, 3.05) is 6.54 Å². The third-order valence-corrected chi connectivity index (χ3v) is 3.99. The van der Waals surface area contributed by atoms with Crippen molar-refractivity contribution in [3.63, 3.8) is 0 Å². The molecule has 1 saturated carbocycles. The third kappa shape index (κ3) is 5.71. The molecule has 0 spiro atoms. The minimum absolute atomic E-state index is 0.280. The van der Waals surface area contributed by atoms with Crippen LogP contribution in [0.3, 0.4) is 0 Å². The van der Waals surface area contributed by atoms with Crippen molar-refractivity contribution in [1.82, 2.24) is 5.32 Å². The number of halogens is 3. The maximum absolute atomic E-state index is 12.4. The van der Waals surface area contributed by atoms with Crippen LogP contribution in [0.4, 0.5) is 13.2 Å². The SMILES string of the molecule is O=C(C=Cc1ccc(C(F)(F)F)cc1)NCC1CCCC(O)C1. The number of hydrogen-bond acceptors (Lipinski definition) is 2. The van der Waals surface area contributed by atoms with E-state index in [0.29, 0.717) is 18.5 Å². The van der Waals surface area contributed by atoms with E-state index in [4.69, 9.17) is 0 Å². The Hall–Kier alpha value is -1.82. The van der Waals surface area contributed by atoms with E-state index in [1.165, 1.54) is 24.3 Å². The molecule has 0 heterocycles. The summed E-state index contributed by atoms with van der Waals surface area (Å²) in [6.45, 7) is 0.507. The van der Waals surface area contributed by atoms with E-state index in [2.05, 4.69) is 5.32 Å². The van der Waals surface area contributed by atoms with Crippen LogP contribution < -0.4 is 5.32 Å². The molecule has 2 rings (SSSR count). The first-order valence-corrected chi connectivity index (χ1v) is 7.66. The fourth-order valence-corrected chi connectivity index (χ4v) is 2.71. The Labute approximate surface area is 133 Å². The molecule has 1 amide bonds. The van der Waals surface area contributed by atoms with Gasteiger partial charge in [0.1, 0.15) is 0 Å². The minimum Gasteiger partial charge on any atom is -0.393 e. The monoisotopic (exact) mass is 327 g/mol. The first-order valence-electron chi connectivity index (χ1n) is 7.66. The molecule has 1 aliphatic carbocycles. The lowest BCUT2D eigenvalue weighted by atomic mass is 9.87. The van der Waals surface area contributed by atoms with Crippen molar-refractivity contribution in [3.8, 4) is 0 Å². The van der Waals surface area contributed by atoms with Crippen LogP contribution in [0.5, 0.6) is 0 Å². The Morgan fingerprint density at radius 1 is 1.26 bits per heavy atom. The molecule has 23 heavy (non-hydrogen) atoms. The van der Waals surface area contributed by atoms with E-state index in [-0.39, 0.29) is 17.9 Å². The average molecular weight is 327 g/mol. The second-order valence-electron chi connectivity index (χ2n) is 5.88. The van der Waals surface area contributed by atoms with Gasteiger partial charge in [-0.2, -0.15) is 13.2 Å². The van der Waals surface area contributed by atoms with Gasteiger partial charge >= 0.3 is 6.18 Å². The summed E-state index contributed by atoms with van der Waals surface area (Å²) in [5, 5.41) is 12.3. The number of benzene rings is 1. The summed E-state index contributed by atoms with van der Waals surface area (Å²) in [6, 6.07) is 4.62. The van der Waals surface area contributed by atoms with Crippen LogP contribution in [0.1, 0.15) is 36.8 Å². The molecule has 1 aromatic rings. The van der Waals surface area contributed by atoms with Crippen LogP contribution in [-0.2, 0) is 11.0 Å². The molecule has 2 N–H and O–H groups in total. The fraction of sp³-hybridized carbons (Fsp3) is 0.471. The van der Waals surface area contributed by atoms with Gasteiger partial charge in [0.25, 0.3) is 0 Å². The van der Waals surface area contributed by atoms with Crippen molar-refractivity contribution in [1.29, 1.82) is 0 Å². The van der Waals surface area contributed by atoms with E-state index >= 15 is 0 Å². The van der Waals surface area contributed by atoms with Crippen LogP contribution in [0.15, 0.2) is 30.3 Å². The molecule has 1 fully saturated rings. The number of rotatable bonds is 4. The van der Waals surface area contributed by atoms with E-state index < -0.39 is 11.7 Å². The van der Waals surface area contributed by atoms with E-state index in [0.717, 1.165) is 31.4 Å². The Bertz CT molecular complexity index is 552. The normalized spacial score (nSPS) is 22.3. The zero-order valence-corrected chi connectivity index (χ0v) is 12.6. The van der Waals surface area contributed by atoms with Gasteiger partial charge in [-0.05, 0) is 49.0 Å². The summed E-state index contributed by atoms with van der Waals surface area (Å²) < 4.78 is 37.3. The molecular formula is C17H20F3NO2. The number of alkyl halides is 3. The number of aliphatic hydroxyl groups excluding tert-OH is 1. The highest BCUT2D eigenvalue weighted by Gasteiger charge is 2.29. The largest absolute Gasteiger partial charge is 0.416 e. The smallest absolute Gasteiger partial charge is 0.393 e. The molecule has 1 aromatic carbocycles. The van der Waals surface area contributed by atoms with Crippen LogP contribution in [0.25, 0.3) is 6.08 Å². The van der Waals surface area contributed by atoms with Crippen LogP contribution in [-0.4, -0.2) is 23.7 Å². The number of hydrogen-bond donors (Lipinski definition) is 2. The maximum Gasteiger partial charge on any atom is 0.416 e. The first-order chi connectivity index (χ1) is 10.8. The summed E-state index contributed by atoms with van der Waals surface area (Å²) in [6.07, 6.45) is 1.61. The topological polar surface area (TPSA) is 49.3 Å². The highest BCUT2D eigenvalue weighted by molar-refractivity contribution is 5.91. The van der Waals surface area contributed by atoms with Gasteiger partial charge in [-0.1, -0.05) is 18.6 Å². The Morgan fingerprint density at radius 2 is 1.96 bits per heavy atom. The number of nitrogens with one attached hydrogen (secondary N) is 1. The van der Waals surface area contributed by atoms with E-state index in [1.807, 2.05) is 0 Å². The summed E-state index contributed by atoms with van der Waals surface area (Å²) in [4.78, 5) is 11.7. The van der Waals surface area contributed by atoms with Gasteiger partial charge in [0.15, 0.2) is 0 Å². The molecule has 6 heteroatoms. The van der Waals surface area contributed by atoms with Crippen molar-refractivity contribution in [2.45, 2.75) is 38.0 Å². The standard InChI is InChI=1S/C17H20F3NO2/c18-17(19,20)14-7-4-12(5-8-14)6-9-16(23)21-11-13-2-1-3-15(22)10-13/h4-9,13,15,22H,1-3,10-11H2,(H,21,23). The lowest BCUT2D eigenvalue weighted by molar-refractivity contribution is -0.137. The second kappa shape index (κ2) is 7.64. The highest BCUT2D eigenvalue weighted by Crippen LogP contribution is 2.29. The Morgan fingerprint density at radius 3 is 2.57 bits per heavy atom. The van der Waals surface area contributed by atoms with Crippen molar-refractivity contribution < 1.29 is 23.1 Å². The van der Waals surface area contributed by atoms with Crippen molar-refractivity contribution >= 4 is 12.0 Å². The molecule has 3 nitrogen and oxygen atoms in total. The van der Waals surface area contributed by atoms with Crippen LogP contribution in [0, 0.1) is 5.92 Å². The summed E-state index contributed by atoms with van der Waals surface area (Å²) in [7, 11) is 0. The molecular weight excluding hydrogens is 307 g/mol. The number of amides is 1. The summed E-state index contributed by atoms with van der Waals surface area (Å²) in [5.41, 5.74) is -0.184. The fourth-order valence-electron chi connectivity index (χ4n) is 2.71. The van der Waals surface area contributed by atoms with Gasteiger partial charge in [-0.3, -0.25) is 4.79 Å². The van der Waals surface area contributed by atoms with E-state index in [9.17, 15) is 23.1 Å². The zero-order chi connectivity index (χ0) is 16.9. The molecule has 2 unspecified atom stereocenters. The Kier molecular flexibility index (Phi) is 5.82. The first kappa shape index (κ1) is 17.5. The molecule has 0 saturated heterocycles. The number of carbonyl (C=O) groups excluding carboxylic acids is 1. The molecule has 0 aromatic heterocycles. The second-order valence-corrected chi connectivity index (χ2v) is 5.88. The zero-order valence-electron chi connectivity index (χ0n) is 12.6. The Balaban J connectivity index is 1.81. The lowest BCUT2D eigenvalue weighted by Gasteiger charge is -2.25. The van der Waals surface area contributed by atoms with Gasteiger partial charge < -0.3 is 10.4 Å². The number of aliphatic hydroxyl groups is 1. The summed E-state index contributed by atoms with van der Waals surface area (Å²) >= 11 is 0. The molecule has 0 bridgehead atoms. The van der Waals surface area contributed by atoms with Gasteiger partial charge in [0.2, 0.25) is 5.91 Å². The molecule has 126 valence electrons. The predicted molar refractivity (Wildman–Crippen MR) is 81.5 cm³/mol. The maximum atomic E-state index is 12.4. The van der Waals surface area contributed by atoms with Gasteiger partial charge in [0, 0.05) is 12.6 Å². The molecule has 0 aliphatic heterocycles. The quantitative estimate of drug-likeness (QED) is 0.833. The van der Waals surface area contributed by atoms with Crippen LogP contribution in [0.2, 0.25) is 0 Å². The minimum atomic E-state index is -4.36. The van der Waals surface area contributed by atoms with Crippen LogP contribution >= 0.6 is 0 Å². The van der Waals surface area contributed by atoms with Crippen molar-refractivity contribution in [3.05, 3.63) is 41.5 Å². The number of carbonyl (C=O) groups is 1.